The van der Waals surface area contributed by atoms with Gasteiger partial charge < -0.3 is 9.72 Å². The first-order valence-electron chi connectivity index (χ1n) is 7.99. The third-order valence-electron chi connectivity index (χ3n) is 4.10. The Kier molecular flexibility index (Phi) is 4.86. The maximum absolute atomic E-state index is 12.9. The standard InChI is InChI=1S/C19H13F6NO2/c1-10-17(14-4-2-3-5-15(14)26-10)16(27)9-28-13-7-11(18(20,21)22)6-12(8-13)19(23,24)25/h2-8,26H,9H2,1H3. The molecule has 0 bridgehead atoms. The Morgan fingerprint density at radius 3 is 2.11 bits per heavy atom. The topological polar surface area (TPSA) is 42.1 Å². The van der Waals surface area contributed by atoms with E-state index in [2.05, 4.69) is 4.98 Å². The quantitative estimate of drug-likeness (QED) is 0.445. The number of aromatic nitrogens is 1. The van der Waals surface area contributed by atoms with Crippen molar-refractivity contribution in [2.24, 2.45) is 0 Å². The van der Waals surface area contributed by atoms with E-state index in [0.717, 1.165) is 0 Å². The fraction of sp³-hybridized carbons (Fsp3) is 0.211. The third kappa shape index (κ3) is 3.97. The highest BCUT2D eigenvalue weighted by atomic mass is 19.4. The number of H-pyrrole nitrogens is 1. The number of hydrogen-bond donors (Lipinski definition) is 1. The summed E-state index contributed by atoms with van der Waals surface area (Å²) in [5, 5.41) is 0.591. The smallest absolute Gasteiger partial charge is 0.416 e. The zero-order valence-electron chi connectivity index (χ0n) is 14.3. The second kappa shape index (κ2) is 6.88. The molecule has 0 radical (unpaired) electrons. The molecule has 1 aromatic heterocycles. The predicted octanol–water partition coefficient (Wildman–Crippen LogP) is 5.78. The predicted molar refractivity (Wildman–Crippen MR) is 89.3 cm³/mol. The fourth-order valence-corrected chi connectivity index (χ4v) is 2.87. The largest absolute Gasteiger partial charge is 0.485 e. The van der Waals surface area contributed by atoms with Gasteiger partial charge in [0.15, 0.2) is 6.61 Å². The minimum Gasteiger partial charge on any atom is -0.485 e. The number of Topliss-reactive ketones (excluding diaryl/α,β-unsaturated/α-hetero) is 1. The van der Waals surface area contributed by atoms with Gasteiger partial charge in [-0.05, 0) is 31.2 Å². The molecule has 0 saturated heterocycles. The number of halogens is 6. The Balaban J connectivity index is 1.89. The highest BCUT2D eigenvalue weighted by Gasteiger charge is 2.37. The molecule has 2 aromatic carbocycles. The lowest BCUT2D eigenvalue weighted by Gasteiger charge is -2.14. The van der Waals surface area contributed by atoms with Crippen molar-refractivity contribution in [3.63, 3.8) is 0 Å². The van der Waals surface area contributed by atoms with Gasteiger partial charge in [0, 0.05) is 22.2 Å². The Morgan fingerprint density at radius 2 is 1.54 bits per heavy atom. The van der Waals surface area contributed by atoms with Crippen molar-refractivity contribution in [1.29, 1.82) is 0 Å². The molecule has 28 heavy (non-hydrogen) atoms. The average molecular weight is 401 g/mol. The summed E-state index contributed by atoms with van der Waals surface area (Å²) in [5.74, 6) is -1.26. The van der Waals surface area contributed by atoms with Gasteiger partial charge in [-0.3, -0.25) is 4.79 Å². The van der Waals surface area contributed by atoms with Gasteiger partial charge in [0.25, 0.3) is 0 Å². The zero-order valence-corrected chi connectivity index (χ0v) is 14.3. The SMILES string of the molecule is Cc1[nH]c2ccccc2c1C(=O)COc1cc(C(F)(F)F)cc(C(F)(F)F)c1. The van der Waals surface area contributed by atoms with E-state index in [-0.39, 0.29) is 11.6 Å². The van der Waals surface area contributed by atoms with Crippen LogP contribution in [0.5, 0.6) is 5.75 Å². The lowest BCUT2D eigenvalue weighted by molar-refractivity contribution is -0.143. The van der Waals surface area contributed by atoms with Crippen LogP contribution in [0.1, 0.15) is 27.2 Å². The lowest BCUT2D eigenvalue weighted by Crippen LogP contribution is -2.15. The Bertz CT molecular complexity index is 1000. The van der Waals surface area contributed by atoms with E-state index in [1.54, 1.807) is 31.2 Å². The number of para-hydroxylation sites is 1. The molecular formula is C19H13F6NO2. The number of benzene rings is 2. The van der Waals surface area contributed by atoms with Gasteiger partial charge in [-0.1, -0.05) is 18.2 Å². The number of ether oxygens (including phenoxy) is 1. The van der Waals surface area contributed by atoms with E-state index < -0.39 is 41.6 Å². The summed E-state index contributed by atoms with van der Waals surface area (Å²) in [6.07, 6.45) is -9.98. The number of rotatable bonds is 4. The molecule has 148 valence electrons. The van der Waals surface area contributed by atoms with Crippen LogP contribution in [0.4, 0.5) is 26.3 Å². The number of aromatic amines is 1. The van der Waals surface area contributed by atoms with Crippen LogP contribution in [0.3, 0.4) is 0 Å². The van der Waals surface area contributed by atoms with E-state index in [0.29, 0.717) is 28.7 Å². The molecule has 0 aliphatic heterocycles. The summed E-state index contributed by atoms with van der Waals surface area (Å²) < 4.78 is 82.4. The summed E-state index contributed by atoms with van der Waals surface area (Å²) >= 11 is 0. The number of carbonyl (C=O) groups is 1. The average Bonchev–Trinajstić information content (AvgIpc) is 2.93. The van der Waals surface area contributed by atoms with Gasteiger partial charge in [0.2, 0.25) is 5.78 Å². The minimum absolute atomic E-state index is 0.00149. The van der Waals surface area contributed by atoms with Gasteiger partial charge in [-0.25, -0.2) is 0 Å². The van der Waals surface area contributed by atoms with Gasteiger partial charge in [0.1, 0.15) is 5.75 Å². The molecular weight excluding hydrogens is 388 g/mol. The van der Waals surface area contributed by atoms with Crippen LogP contribution in [0.25, 0.3) is 10.9 Å². The summed E-state index contributed by atoms with van der Waals surface area (Å²) in [6, 6.07) is 7.74. The van der Waals surface area contributed by atoms with Gasteiger partial charge in [-0.15, -0.1) is 0 Å². The molecule has 0 saturated carbocycles. The van der Waals surface area contributed by atoms with Crippen LogP contribution < -0.4 is 4.74 Å². The third-order valence-corrected chi connectivity index (χ3v) is 4.10. The first-order valence-corrected chi connectivity index (χ1v) is 7.99. The second-order valence-corrected chi connectivity index (χ2v) is 6.12. The van der Waals surface area contributed by atoms with Crippen LogP contribution >= 0.6 is 0 Å². The van der Waals surface area contributed by atoms with Crippen LogP contribution in [-0.4, -0.2) is 17.4 Å². The number of nitrogens with one attached hydrogen (secondary N) is 1. The van der Waals surface area contributed by atoms with E-state index in [1.165, 1.54) is 0 Å². The molecule has 0 amide bonds. The first kappa shape index (κ1) is 19.8. The molecule has 0 fully saturated rings. The highest BCUT2D eigenvalue weighted by Crippen LogP contribution is 2.38. The zero-order chi connectivity index (χ0) is 20.7. The maximum Gasteiger partial charge on any atom is 0.416 e. The van der Waals surface area contributed by atoms with Crippen molar-refractivity contribution in [3.05, 3.63) is 64.8 Å². The Labute approximate surface area is 154 Å². The van der Waals surface area contributed by atoms with Gasteiger partial charge >= 0.3 is 12.4 Å². The van der Waals surface area contributed by atoms with E-state index in [1.807, 2.05) is 0 Å². The molecule has 0 aliphatic carbocycles. The number of hydrogen-bond acceptors (Lipinski definition) is 2. The molecule has 1 heterocycles. The number of aryl methyl sites for hydroxylation is 1. The Morgan fingerprint density at radius 1 is 0.964 bits per heavy atom. The van der Waals surface area contributed by atoms with Crippen LogP contribution in [0.2, 0.25) is 0 Å². The molecule has 0 unspecified atom stereocenters. The van der Waals surface area contributed by atoms with Gasteiger partial charge in [0.05, 0.1) is 11.1 Å². The molecule has 0 atom stereocenters. The molecule has 0 aliphatic rings. The molecule has 3 rings (SSSR count). The monoisotopic (exact) mass is 401 g/mol. The summed E-state index contributed by atoms with van der Waals surface area (Å²) in [6.45, 7) is 0.931. The molecule has 1 N–H and O–H groups in total. The van der Waals surface area contributed by atoms with Crippen molar-refractivity contribution >= 4 is 16.7 Å². The number of carbonyl (C=O) groups excluding carboxylic acids is 1. The van der Waals surface area contributed by atoms with Crippen LogP contribution in [0, 0.1) is 6.92 Å². The molecule has 3 aromatic rings. The molecule has 9 heteroatoms. The van der Waals surface area contributed by atoms with Crippen molar-refractivity contribution in [1.82, 2.24) is 4.98 Å². The second-order valence-electron chi connectivity index (χ2n) is 6.12. The van der Waals surface area contributed by atoms with E-state index >= 15 is 0 Å². The summed E-state index contributed by atoms with van der Waals surface area (Å²) in [4.78, 5) is 15.5. The van der Waals surface area contributed by atoms with Crippen molar-refractivity contribution < 1.29 is 35.9 Å². The number of fused-ring (bicyclic) bond motifs is 1. The maximum atomic E-state index is 12.9. The normalized spacial score (nSPS) is 12.4. The molecule has 0 spiro atoms. The van der Waals surface area contributed by atoms with Crippen molar-refractivity contribution in [3.8, 4) is 5.75 Å². The lowest BCUT2D eigenvalue weighted by atomic mass is 10.1. The summed E-state index contributed by atoms with van der Waals surface area (Å²) in [7, 11) is 0. The number of alkyl halides is 6. The molecule has 3 nitrogen and oxygen atoms in total. The van der Waals surface area contributed by atoms with Crippen LogP contribution in [0.15, 0.2) is 42.5 Å². The Hall–Kier alpha value is -2.97. The highest BCUT2D eigenvalue weighted by molar-refractivity contribution is 6.09. The van der Waals surface area contributed by atoms with Crippen molar-refractivity contribution in [2.45, 2.75) is 19.3 Å². The van der Waals surface area contributed by atoms with E-state index in [9.17, 15) is 31.1 Å². The number of ketones is 1. The van der Waals surface area contributed by atoms with Crippen molar-refractivity contribution in [2.75, 3.05) is 6.61 Å². The fourth-order valence-electron chi connectivity index (χ4n) is 2.87. The van der Waals surface area contributed by atoms with E-state index in [4.69, 9.17) is 4.74 Å². The van der Waals surface area contributed by atoms with Crippen LogP contribution in [-0.2, 0) is 12.4 Å². The first-order chi connectivity index (χ1) is 13.0. The summed E-state index contributed by atoms with van der Waals surface area (Å²) in [5.41, 5.74) is -1.53. The minimum atomic E-state index is -4.99. The van der Waals surface area contributed by atoms with Gasteiger partial charge in [-0.2, -0.15) is 26.3 Å².